The predicted molar refractivity (Wildman–Crippen MR) is 62.6 cm³/mol. The van der Waals surface area contributed by atoms with Crippen LogP contribution >= 0.6 is 11.3 Å². The van der Waals surface area contributed by atoms with Crippen LogP contribution in [0.5, 0.6) is 0 Å². The standard InChI is InChI=1S/C11H16N2O2S/c1-3-10-12-8-5-6-13(7-9(8)16-10)11(14)15-4-2/h3-7H2,1-2H3. The van der Waals surface area contributed by atoms with Gasteiger partial charge < -0.3 is 9.64 Å². The van der Waals surface area contributed by atoms with Crippen molar-refractivity contribution in [2.75, 3.05) is 13.2 Å². The zero-order valence-corrected chi connectivity index (χ0v) is 10.5. The third kappa shape index (κ3) is 2.19. The molecule has 16 heavy (non-hydrogen) atoms. The van der Waals surface area contributed by atoms with Crippen LogP contribution in [0.15, 0.2) is 0 Å². The quantitative estimate of drug-likeness (QED) is 0.796. The van der Waals surface area contributed by atoms with E-state index in [2.05, 4.69) is 11.9 Å². The average Bonchev–Trinajstić information content (AvgIpc) is 2.70. The number of amides is 1. The molecule has 0 bridgehead atoms. The number of rotatable bonds is 2. The zero-order chi connectivity index (χ0) is 11.5. The van der Waals surface area contributed by atoms with Crippen molar-refractivity contribution >= 4 is 17.4 Å². The summed E-state index contributed by atoms with van der Waals surface area (Å²) in [6, 6.07) is 0. The van der Waals surface area contributed by atoms with Gasteiger partial charge in [-0.2, -0.15) is 0 Å². The molecule has 0 radical (unpaired) electrons. The van der Waals surface area contributed by atoms with Gasteiger partial charge in [-0.1, -0.05) is 6.92 Å². The van der Waals surface area contributed by atoms with E-state index in [0.717, 1.165) is 24.4 Å². The molecule has 1 aliphatic heterocycles. The summed E-state index contributed by atoms with van der Waals surface area (Å²) in [5.41, 5.74) is 1.17. The Hall–Kier alpha value is -1.10. The van der Waals surface area contributed by atoms with Gasteiger partial charge in [-0.25, -0.2) is 9.78 Å². The molecule has 0 aliphatic carbocycles. The second-order valence-electron chi connectivity index (χ2n) is 3.70. The van der Waals surface area contributed by atoms with Crippen molar-refractivity contribution in [3.8, 4) is 0 Å². The molecule has 1 aromatic rings. The summed E-state index contributed by atoms with van der Waals surface area (Å²) in [7, 11) is 0. The van der Waals surface area contributed by atoms with Crippen LogP contribution in [0.2, 0.25) is 0 Å². The number of carbonyl (C=O) groups is 1. The number of hydrogen-bond donors (Lipinski definition) is 0. The van der Waals surface area contributed by atoms with Gasteiger partial charge in [0.25, 0.3) is 0 Å². The molecule has 2 heterocycles. The van der Waals surface area contributed by atoms with E-state index in [0.29, 0.717) is 13.2 Å². The lowest BCUT2D eigenvalue weighted by atomic mass is 10.2. The number of thiazole rings is 1. The Morgan fingerprint density at radius 3 is 3.06 bits per heavy atom. The first-order valence-corrected chi connectivity index (χ1v) is 6.45. The molecule has 2 rings (SSSR count). The molecule has 1 aromatic heterocycles. The molecule has 4 nitrogen and oxygen atoms in total. The van der Waals surface area contributed by atoms with Crippen LogP contribution in [0.3, 0.4) is 0 Å². The lowest BCUT2D eigenvalue weighted by Gasteiger charge is -2.24. The number of nitrogens with zero attached hydrogens (tertiary/aromatic N) is 2. The van der Waals surface area contributed by atoms with Gasteiger partial charge >= 0.3 is 6.09 Å². The Morgan fingerprint density at radius 2 is 2.38 bits per heavy atom. The van der Waals surface area contributed by atoms with E-state index in [1.807, 2.05) is 6.92 Å². The third-order valence-electron chi connectivity index (χ3n) is 2.60. The normalized spacial score (nSPS) is 14.8. The molecule has 0 spiro atoms. The highest BCUT2D eigenvalue weighted by molar-refractivity contribution is 7.11. The maximum absolute atomic E-state index is 11.6. The molecule has 0 unspecified atom stereocenters. The van der Waals surface area contributed by atoms with Crippen LogP contribution in [-0.2, 0) is 24.1 Å². The molecule has 0 saturated carbocycles. The van der Waals surface area contributed by atoms with E-state index in [1.165, 1.54) is 10.6 Å². The summed E-state index contributed by atoms with van der Waals surface area (Å²) in [4.78, 5) is 19.1. The Morgan fingerprint density at radius 1 is 1.56 bits per heavy atom. The van der Waals surface area contributed by atoms with Gasteiger partial charge in [0.2, 0.25) is 0 Å². The Kier molecular flexibility index (Phi) is 3.43. The lowest BCUT2D eigenvalue weighted by Crippen LogP contribution is -2.35. The molecule has 0 N–H and O–H groups in total. The van der Waals surface area contributed by atoms with Gasteiger partial charge in [-0.05, 0) is 13.3 Å². The fourth-order valence-electron chi connectivity index (χ4n) is 1.77. The van der Waals surface area contributed by atoms with Crippen LogP contribution in [0, 0.1) is 0 Å². The number of fused-ring (bicyclic) bond motifs is 1. The monoisotopic (exact) mass is 240 g/mol. The Bertz CT molecular complexity index is 389. The number of ether oxygens (including phenoxy) is 1. The van der Waals surface area contributed by atoms with Crippen molar-refractivity contribution in [3.05, 3.63) is 15.6 Å². The second kappa shape index (κ2) is 4.82. The molecule has 1 aliphatic rings. The molecule has 0 aromatic carbocycles. The summed E-state index contributed by atoms with van der Waals surface area (Å²) < 4.78 is 5.00. The highest BCUT2D eigenvalue weighted by Crippen LogP contribution is 2.25. The fraction of sp³-hybridized carbons (Fsp3) is 0.636. The topological polar surface area (TPSA) is 42.4 Å². The SMILES string of the molecule is CCOC(=O)N1CCc2nc(CC)sc2C1. The van der Waals surface area contributed by atoms with Crippen molar-refractivity contribution < 1.29 is 9.53 Å². The van der Waals surface area contributed by atoms with Gasteiger partial charge in [0, 0.05) is 17.8 Å². The summed E-state index contributed by atoms with van der Waals surface area (Å²) in [6.07, 6.45) is 1.61. The van der Waals surface area contributed by atoms with Crippen LogP contribution in [0.1, 0.15) is 29.4 Å². The van der Waals surface area contributed by atoms with Crippen molar-refractivity contribution in [2.24, 2.45) is 0 Å². The molecule has 88 valence electrons. The summed E-state index contributed by atoms with van der Waals surface area (Å²) in [6.45, 7) is 5.75. The summed E-state index contributed by atoms with van der Waals surface area (Å²) in [5.74, 6) is 0. The van der Waals surface area contributed by atoms with Crippen LogP contribution < -0.4 is 0 Å². The highest BCUT2D eigenvalue weighted by Gasteiger charge is 2.24. The van der Waals surface area contributed by atoms with E-state index in [1.54, 1.807) is 16.2 Å². The lowest BCUT2D eigenvalue weighted by molar-refractivity contribution is 0.103. The number of aryl methyl sites for hydroxylation is 1. The van der Waals surface area contributed by atoms with Crippen LogP contribution in [-0.4, -0.2) is 29.1 Å². The van der Waals surface area contributed by atoms with E-state index in [4.69, 9.17) is 4.74 Å². The first-order valence-electron chi connectivity index (χ1n) is 5.63. The molecule has 0 atom stereocenters. The van der Waals surface area contributed by atoms with Crippen LogP contribution in [0.25, 0.3) is 0 Å². The average molecular weight is 240 g/mol. The Labute approximate surface area is 99.2 Å². The number of aromatic nitrogens is 1. The van der Waals surface area contributed by atoms with Crippen molar-refractivity contribution in [2.45, 2.75) is 33.2 Å². The first kappa shape index (κ1) is 11.4. The molecule has 0 fully saturated rings. The van der Waals surface area contributed by atoms with Crippen LogP contribution in [0.4, 0.5) is 4.79 Å². The van der Waals surface area contributed by atoms with Crippen molar-refractivity contribution in [3.63, 3.8) is 0 Å². The minimum atomic E-state index is -0.209. The van der Waals surface area contributed by atoms with E-state index in [-0.39, 0.29) is 6.09 Å². The minimum absolute atomic E-state index is 0.209. The minimum Gasteiger partial charge on any atom is -0.450 e. The van der Waals surface area contributed by atoms with E-state index < -0.39 is 0 Å². The van der Waals surface area contributed by atoms with Gasteiger partial charge in [-0.3, -0.25) is 0 Å². The maximum Gasteiger partial charge on any atom is 0.410 e. The van der Waals surface area contributed by atoms with Gasteiger partial charge in [0.1, 0.15) is 0 Å². The summed E-state index contributed by atoms with van der Waals surface area (Å²) in [5, 5.41) is 1.16. The highest BCUT2D eigenvalue weighted by atomic mass is 32.1. The third-order valence-corrected chi connectivity index (χ3v) is 3.83. The fourth-order valence-corrected chi connectivity index (χ4v) is 2.84. The van der Waals surface area contributed by atoms with Gasteiger partial charge in [0.05, 0.1) is 23.9 Å². The number of hydrogen-bond acceptors (Lipinski definition) is 4. The zero-order valence-electron chi connectivity index (χ0n) is 9.65. The largest absolute Gasteiger partial charge is 0.450 e. The summed E-state index contributed by atoms with van der Waals surface area (Å²) >= 11 is 1.71. The first-order chi connectivity index (χ1) is 7.74. The van der Waals surface area contributed by atoms with E-state index in [9.17, 15) is 4.79 Å². The molecular weight excluding hydrogens is 224 g/mol. The molecule has 0 saturated heterocycles. The van der Waals surface area contributed by atoms with Crippen molar-refractivity contribution in [1.29, 1.82) is 0 Å². The predicted octanol–water partition coefficient (Wildman–Crippen LogP) is 2.22. The van der Waals surface area contributed by atoms with E-state index >= 15 is 0 Å². The number of carbonyl (C=O) groups excluding carboxylic acids is 1. The van der Waals surface area contributed by atoms with Gasteiger partial charge in [0.15, 0.2) is 0 Å². The van der Waals surface area contributed by atoms with Crippen molar-refractivity contribution in [1.82, 2.24) is 9.88 Å². The van der Waals surface area contributed by atoms with Gasteiger partial charge in [-0.15, -0.1) is 11.3 Å². The smallest absolute Gasteiger partial charge is 0.410 e. The second-order valence-corrected chi connectivity index (χ2v) is 4.87. The molecular formula is C11H16N2O2S. The molecule has 5 heteroatoms. The Balaban J connectivity index is 2.08. The maximum atomic E-state index is 11.6. The molecule has 1 amide bonds.